The molecule has 0 bridgehead atoms. The van der Waals surface area contributed by atoms with Gasteiger partial charge in [0, 0.05) is 18.0 Å². The molecular weight excluding hydrogens is 500 g/mol. The van der Waals surface area contributed by atoms with E-state index < -0.39 is 26.9 Å². The Hall–Kier alpha value is -4.10. The fraction of sp³-hybridized carbons (Fsp3) is 0.292. The number of nitrogens with zero attached hydrogens (tertiary/aromatic N) is 6. The van der Waals surface area contributed by atoms with Crippen LogP contribution >= 0.6 is 0 Å². The number of aromatic nitrogens is 6. The zero-order valence-corrected chi connectivity index (χ0v) is 21.5. The van der Waals surface area contributed by atoms with Gasteiger partial charge in [-0.2, -0.15) is 0 Å². The lowest BCUT2D eigenvalue weighted by Gasteiger charge is -2.20. The number of methoxy groups -OCH3 is 3. The number of para-hydroxylation sites is 1. The highest BCUT2D eigenvalue weighted by Crippen LogP contribution is 2.37. The lowest BCUT2D eigenvalue weighted by molar-refractivity contribution is 0.170. The highest BCUT2D eigenvalue weighted by atomic mass is 32.2. The fourth-order valence-corrected chi connectivity index (χ4v) is 5.05. The largest absolute Gasteiger partial charge is 0.494 e. The summed E-state index contributed by atoms with van der Waals surface area (Å²) < 4.78 is 44.6. The van der Waals surface area contributed by atoms with Crippen molar-refractivity contribution in [1.29, 1.82) is 0 Å². The van der Waals surface area contributed by atoms with E-state index in [1.165, 1.54) is 40.6 Å². The van der Waals surface area contributed by atoms with E-state index in [0.717, 1.165) is 0 Å². The lowest BCUT2D eigenvalue weighted by Crippen LogP contribution is -2.28. The number of benzene rings is 1. The molecule has 0 fully saturated rings. The Balaban J connectivity index is 1.79. The van der Waals surface area contributed by atoms with Gasteiger partial charge in [-0.3, -0.25) is 14.5 Å². The standard InChI is InChI=1S/C24H26N6O6S/c1-15(23(31)17-12-27-21(36-4)13-26-17)37(32,33)14-20-28-29-24(16-7-6-10-25-11-16)30(20)22-18(34-2)8-5-9-19(22)35-3/h5-13,15,23,31H,14H2,1-4H3/t15-,23-/m0/s1. The van der Waals surface area contributed by atoms with E-state index in [1.54, 1.807) is 47.3 Å². The normalized spacial score (nSPS) is 13.1. The Morgan fingerprint density at radius 3 is 2.24 bits per heavy atom. The second-order valence-electron chi connectivity index (χ2n) is 7.97. The smallest absolute Gasteiger partial charge is 0.231 e. The van der Waals surface area contributed by atoms with Crippen LogP contribution in [0.1, 0.15) is 24.5 Å². The van der Waals surface area contributed by atoms with Crippen LogP contribution in [-0.4, -0.2) is 69.8 Å². The van der Waals surface area contributed by atoms with Gasteiger partial charge in [0.25, 0.3) is 0 Å². The molecule has 1 aromatic carbocycles. The van der Waals surface area contributed by atoms with Gasteiger partial charge in [0.2, 0.25) is 5.88 Å². The van der Waals surface area contributed by atoms with Gasteiger partial charge >= 0.3 is 0 Å². The first-order valence-corrected chi connectivity index (χ1v) is 12.8. The summed E-state index contributed by atoms with van der Waals surface area (Å²) >= 11 is 0. The van der Waals surface area contributed by atoms with Crippen molar-refractivity contribution >= 4 is 9.84 Å². The molecule has 3 heterocycles. The fourth-order valence-electron chi connectivity index (χ4n) is 3.71. The van der Waals surface area contributed by atoms with E-state index in [1.807, 2.05) is 0 Å². The number of aliphatic hydroxyl groups excluding tert-OH is 1. The first-order chi connectivity index (χ1) is 17.8. The number of pyridine rings is 1. The maximum atomic E-state index is 13.5. The molecule has 4 rings (SSSR count). The van der Waals surface area contributed by atoms with E-state index >= 15 is 0 Å². The Bertz CT molecular complexity index is 1440. The zero-order valence-electron chi connectivity index (χ0n) is 20.6. The Kier molecular flexibility index (Phi) is 7.64. The average molecular weight is 527 g/mol. The van der Waals surface area contributed by atoms with Gasteiger partial charge in [0.05, 0.1) is 44.7 Å². The van der Waals surface area contributed by atoms with Crippen molar-refractivity contribution < 1.29 is 27.7 Å². The Morgan fingerprint density at radius 1 is 0.946 bits per heavy atom. The molecule has 12 nitrogen and oxygen atoms in total. The number of sulfone groups is 1. The van der Waals surface area contributed by atoms with Crippen LogP contribution in [-0.2, 0) is 15.6 Å². The molecule has 2 atom stereocenters. The number of ether oxygens (including phenoxy) is 3. The van der Waals surface area contributed by atoms with Crippen LogP contribution in [0.5, 0.6) is 17.4 Å². The molecule has 0 aliphatic heterocycles. The van der Waals surface area contributed by atoms with Crippen LogP contribution in [0, 0.1) is 0 Å². The summed E-state index contributed by atoms with van der Waals surface area (Å²) in [4.78, 5) is 12.2. The quantitative estimate of drug-likeness (QED) is 0.324. The minimum atomic E-state index is -3.98. The van der Waals surface area contributed by atoms with E-state index in [-0.39, 0.29) is 17.4 Å². The molecule has 1 N–H and O–H groups in total. The molecule has 0 saturated carbocycles. The monoisotopic (exact) mass is 526 g/mol. The molecule has 0 amide bonds. The van der Waals surface area contributed by atoms with Crippen molar-refractivity contribution in [1.82, 2.24) is 29.7 Å². The summed E-state index contributed by atoms with van der Waals surface area (Å²) in [7, 11) is 0.440. The first kappa shape index (κ1) is 26.0. The number of hydrogen-bond acceptors (Lipinski definition) is 11. The third-order valence-electron chi connectivity index (χ3n) is 5.78. The van der Waals surface area contributed by atoms with Crippen LogP contribution in [0.25, 0.3) is 17.1 Å². The molecule has 0 saturated heterocycles. The maximum Gasteiger partial charge on any atom is 0.231 e. The van der Waals surface area contributed by atoms with E-state index in [4.69, 9.17) is 14.2 Å². The predicted molar refractivity (Wildman–Crippen MR) is 133 cm³/mol. The summed E-state index contributed by atoms with van der Waals surface area (Å²) in [6.45, 7) is 1.40. The maximum absolute atomic E-state index is 13.5. The molecule has 0 radical (unpaired) electrons. The predicted octanol–water partition coefficient (Wildman–Crippen LogP) is 2.18. The highest BCUT2D eigenvalue weighted by molar-refractivity contribution is 7.91. The lowest BCUT2D eigenvalue weighted by atomic mass is 10.2. The van der Waals surface area contributed by atoms with Crippen molar-refractivity contribution in [3.05, 3.63) is 66.6 Å². The summed E-state index contributed by atoms with van der Waals surface area (Å²) in [5.74, 6) is 0.989. The average Bonchev–Trinajstić information content (AvgIpc) is 3.34. The summed E-state index contributed by atoms with van der Waals surface area (Å²) in [5, 5.41) is 18.0. The van der Waals surface area contributed by atoms with Gasteiger partial charge in [-0.15, -0.1) is 10.2 Å². The number of aliphatic hydroxyl groups is 1. The van der Waals surface area contributed by atoms with Crippen LogP contribution in [0.2, 0.25) is 0 Å². The second-order valence-corrected chi connectivity index (χ2v) is 10.3. The molecule has 0 aliphatic carbocycles. The second kappa shape index (κ2) is 10.9. The van der Waals surface area contributed by atoms with Crippen molar-refractivity contribution in [2.75, 3.05) is 21.3 Å². The van der Waals surface area contributed by atoms with Crippen LogP contribution in [0.4, 0.5) is 0 Å². The third-order valence-corrected chi connectivity index (χ3v) is 7.83. The van der Waals surface area contributed by atoms with Crippen molar-refractivity contribution in [2.45, 2.75) is 24.0 Å². The van der Waals surface area contributed by atoms with E-state index in [2.05, 4.69) is 25.1 Å². The molecule has 0 unspecified atom stereocenters. The van der Waals surface area contributed by atoms with Gasteiger partial charge in [-0.05, 0) is 31.2 Å². The van der Waals surface area contributed by atoms with Crippen molar-refractivity contribution in [3.8, 4) is 34.5 Å². The van der Waals surface area contributed by atoms with Gasteiger partial charge < -0.3 is 19.3 Å². The third kappa shape index (κ3) is 5.22. The molecule has 4 aromatic rings. The van der Waals surface area contributed by atoms with Gasteiger partial charge in [-0.1, -0.05) is 6.07 Å². The minimum Gasteiger partial charge on any atom is -0.494 e. The molecule has 3 aromatic heterocycles. The molecule has 0 spiro atoms. The van der Waals surface area contributed by atoms with Crippen molar-refractivity contribution in [2.24, 2.45) is 0 Å². The van der Waals surface area contributed by atoms with Crippen molar-refractivity contribution in [3.63, 3.8) is 0 Å². The van der Waals surface area contributed by atoms with Gasteiger partial charge in [-0.25, -0.2) is 13.4 Å². The SMILES string of the molecule is COc1cnc([C@@H](O)[C@H](C)S(=O)(=O)Cc2nnc(-c3cccnc3)n2-c2c(OC)cccc2OC)cn1. The van der Waals surface area contributed by atoms with Gasteiger partial charge in [0.15, 0.2) is 21.5 Å². The molecule has 0 aliphatic rings. The Labute approximate surface area is 213 Å². The summed E-state index contributed by atoms with van der Waals surface area (Å²) in [6.07, 6.45) is 4.36. The Morgan fingerprint density at radius 2 is 1.68 bits per heavy atom. The molecule has 37 heavy (non-hydrogen) atoms. The van der Waals surface area contributed by atoms with Gasteiger partial charge in [0.1, 0.15) is 29.0 Å². The van der Waals surface area contributed by atoms with Crippen LogP contribution in [0.3, 0.4) is 0 Å². The first-order valence-electron chi connectivity index (χ1n) is 11.1. The minimum absolute atomic E-state index is 0.0980. The summed E-state index contributed by atoms with van der Waals surface area (Å²) in [5.41, 5.74) is 1.13. The summed E-state index contributed by atoms with van der Waals surface area (Å²) in [6, 6.07) is 8.71. The number of rotatable bonds is 10. The van der Waals surface area contributed by atoms with E-state index in [0.29, 0.717) is 28.6 Å². The van der Waals surface area contributed by atoms with E-state index in [9.17, 15) is 13.5 Å². The van der Waals surface area contributed by atoms with Crippen LogP contribution in [0.15, 0.2) is 55.1 Å². The zero-order chi connectivity index (χ0) is 26.6. The molecule has 194 valence electrons. The highest BCUT2D eigenvalue weighted by Gasteiger charge is 2.33. The topological polar surface area (TPSA) is 151 Å². The number of hydrogen-bond donors (Lipinski definition) is 1. The van der Waals surface area contributed by atoms with Crippen LogP contribution < -0.4 is 14.2 Å². The molecular formula is C24H26N6O6S. The molecule has 13 heteroatoms.